The van der Waals surface area contributed by atoms with Gasteiger partial charge in [0.1, 0.15) is 11.8 Å². The third kappa shape index (κ3) is 3.47. The number of rotatable bonds is 5. The van der Waals surface area contributed by atoms with Crippen molar-refractivity contribution in [3.8, 4) is 11.8 Å². The van der Waals surface area contributed by atoms with Crippen LogP contribution in [-0.4, -0.2) is 74.2 Å². The van der Waals surface area contributed by atoms with E-state index in [2.05, 4.69) is 27.0 Å². The standard InChI is InChI=1S/C26H33N5O2/c27-15-20-16-28-31(18-20)12-11-29-8-5-25-6-10-30(17-19-1-2-19)24(26(25,33)7-9-29)13-21-3-4-22(32)14-23(21)25/h3-4,14,16,18-19,24,32-33H,1-2,5-13,17H2/t24?,25-,26?/m1/s1. The fraction of sp³-hybridized carbons (Fsp3) is 0.615. The minimum atomic E-state index is -0.782. The first-order chi connectivity index (χ1) is 16.0. The molecule has 2 unspecified atom stereocenters. The average Bonchev–Trinajstić information content (AvgIpc) is 3.54. The normalized spacial score (nSPS) is 31.9. The molecule has 3 heterocycles. The van der Waals surface area contributed by atoms with Gasteiger partial charge in [0.2, 0.25) is 0 Å². The van der Waals surface area contributed by atoms with Crippen LogP contribution in [0.4, 0.5) is 0 Å². The van der Waals surface area contributed by atoms with E-state index in [1.165, 1.54) is 24.0 Å². The minimum absolute atomic E-state index is 0.146. The number of benzene rings is 1. The Hall–Kier alpha value is -2.40. The Morgan fingerprint density at radius 1 is 1.12 bits per heavy atom. The molecule has 7 heteroatoms. The predicted octanol–water partition coefficient (Wildman–Crippen LogP) is 2.27. The molecule has 6 rings (SSSR count). The summed E-state index contributed by atoms with van der Waals surface area (Å²) in [6, 6.07) is 8.12. The third-order valence-electron chi connectivity index (χ3n) is 8.93. The van der Waals surface area contributed by atoms with E-state index in [1.807, 2.05) is 16.8 Å². The highest BCUT2D eigenvalue weighted by molar-refractivity contribution is 5.48. The number of phenolic OH excluding ortho intramolecular Hbond substituents is 1. The Morgan fingerprint density at radius 2 is 1.94 bits per heavy atom. The first-order valence-electron chi connectivity index (χ1n) is 12.4. The van der Waals surface area contributed by atoms with Crippen molar-refractivity contribution >= 4 is 0 Å². The van der Waals surface area contributed by atoms with Gasteiger partial charge in [0.25, 0.3) is 0 Å². The van der Waals surface area contributed by atoms with Gasteiger partial charge in [-0.1, -0.05) is 6.07 Å². The van der Waals surface area contributed by atoms with E-state index in [-0.39, 0.29) is 11.5 Å². The molecule has 0 radical (unpaired) electrons. The Balaban J connectivity index is 1.29. The lowest BCUT2D eigenvalue weighted by molar-refractivity contribution is -0.149. The quantitative estimate of drug-likeness (QED) is 0.731. The van der Waals surface area contributed by atoms with Crippen LogP contribution in [0.2, 0.25) is 0 Å². The van der Waals surface area contributed by atoms with Crippen LogP contribution in [0.1, 0.15) is 48.8 Å². The Morgan fingerprint density at radius 3 is 2.73 bits per heavy atom. The molecule has 1 saturated carbocycles. The summed E-state index contributed by atoms with van der Waals surface area (Å²) in [7, 11) is 0. The number of likely N-dealkylation sites (tertiary alicyclic amines) is 2. The average molecular weight is 448 g/mol. The minimum Gasteiger partial charge on any atom is -0.508 e. The van der Waals surface area contributed by atoms with E-state index in [0.29, 0.717) is 11.3 Å². The lowest BCUT2D eigenvalue weighted by Crippen LogP contribution is -2.71. The van der Waals surface area contributed by atoms with Crippen LogP contribution in [0, 0.1) is 17.2 Å². The molecule has 1 aromatic heterocycles. The second-order valence-corrected chi connectivity index (χ2v) is 10.7. The van der Waals surface area contributed by atoms with Crippen molar-refractivity contribution in [2.45, 2.75) is 62.1 Å². The number of aromatic nitrogens is 2. The molecule has 2 N–H and O–H groups in total. The molecule has 2 aromatic rings. The zero-order valence-corrected chi connectivity index (χ0v) is 19.2. The van der Waals surface area contributed by atoms with E-state index in [9.17, 15) is 10.2 Å². The van der Waals surface area contributed by atoms with Crippen molar-refractivity contribution in [2.24, 2.45) is 5.92 Å². The maximum absolute atomic E-state index is 12.5. The smallest absolute Gasteiger partial charge is 0.115 e. The largest absolute Gasteiger partial charge is 0.508 e. The molecular formula is C26H33N5O2. The summed E-state index contributed by atoms with van der Waals surface area (Å²) in [5, 5.41) is 36.2. The molecule has 2 aliphatic carbocycles. The topological polar surface area (TPSA) is 88.5 Å². The van der Waals surface area contributed by atoms with Gasteiger partial charge in [-0.25, -0.2) is 0 Å². The van der Waals surface area contributed by atoms with Crippen LogP contribution < -0.4 is 0 Å². The Labute approximate surface area is 195 Å². The molecule has 3 fully saturated rings. The first kappa shape index (κ1) is 21.2. The van der Waals surface area contributed by atoms with Gasteiger partial charge in [0.15, 0.2) is 0 Å². The fourth-order valence-electron chi connectivity index (χ4n) is 6.92. The number of aromatic hydroxyl groups is 1. The number of hydrogen-bond acceptors (Lipinski definition) is 6. The summed E-state index contributed by atoms with van der Waals surface area (Å²) in [5.74, 6) is 1.11. The molecule has 0 amide bonds. The maximum Gasteiger partial charge on any atom is 0.115 e. The van der Waals surface area contributed by atoms with E-state index < -0.39 is 5.60 Å². The van der Waals surface area contributed by atoms with Gasteiger partial charge in [-0.2, -0.15) is 10.4 Å². The first-order valence-corrected chi connectivity index (χ1v) is 12.4. The number of aliphatic hydroxyl groups is 1. The molecule has 1 aromatic carbocycles. The third-order valence-corrected chi connectivity index (χ3v) is 8.93. The summed E-state index contributed by atoms with van der Waals surface area (Å²) in [5.41, 5.74) is 1.98. The van der Waals surface area contributed by atoms with Crippen molar-refractivity contribution in [3.05, 3.63) is 47.3 Å². The highest BCUT2D eigenvalue weighted by Gasteiger charge is 2.63. The van der Waals surface area contributed by atoms with Gasteiger partial charge in [0.05, 0.1) is 23.9 Å². The van der Waals surface area contributed by atoms with E-state index in [0.717, 1.165) is 70.9 Å². The highest BCUT2D eigenvalue weighted by atomic mass is 16.3. The molecular weight excluding hydrogens is 414 g/mol. The van der Waals surface area contributed by atoms with Gasteiger partial charge < -0.3 is 15.1 Å². The summed E-state index contributed by atoms with van der Waals surface area (Å²) in [6.07, 6.45) is 9.52. The van der Waals surface area contributed by atoms with E-state index in [1.54, 1.807) is 12.4 Å². The Bertz CT molecular complexity index is 1090. The molecule has 4 aliphatic rings. The molecule has 7 nitrogen and oxygen atoms in total. The van der Waals surface area contributed by atoms with Crippen LogP contribution in [0.15, 0.2) is 30.6 Å². The van der Waals surface area contributed by atoms with Gasteiger partial charge in [0, 0.05) is 37.3 Å². The number of fused-ring (bicyclic) bond motifs is 1. The molecule has 174 valence electrons. The van der Waals surface area contributed by atoms with Gasteiger partial charge in [-0.05, 0) is 80.8 Å². The number of phenols is 1. The van der Waals surface area contributed by atoms with Crippen molar-refractivity contribution in [1.29, 1.82) is 5.26 Å². The van der Waals surface area contributed by atoms with Crippen molar-refractivity contribution in [3.63, 3.8) is 0 Å². The number of nitrogens with zero attached hydrogens (tertiary/aromatic N) is 5. The monoisotopic (exact) mass is 447 g/mol. The van der Waals surface area contributed by atoms with Gasteiger partial charge in [-0.3, -0.25) is 9.58 Å². The second-order valence-electron chi connectivity index (χ2n) is 10.7. The van der Waals surface area contributed by atoms with Crippen LogP contribution in [0.5, 0.6) is 5.75 Å². The van der Waals surface area contributed by atoms with Gasteiger partial charge >= 0.3 is 0 Å². The van der Waals surface area contributed by atoms with E-state index in [4.69, 9.17) is 5.26 Å². The number of hydrogen-bond donors (Lipinski definition) is 2. The number of piperidine rings is 1. The SMILES string of the molecule is N#Cc1cnn(CCN2CCC3(O)C4Cc5ccc(O)cc5[C@@]3(CC2)CCN4CC2CC2)c1. The van der Waals surface area contributed by atoms with Crippen LogP contribution in [0.25, 0.3) is 0 Å². The van der Waals surface area contributed by atoms with Crippen molar-refractivity contribution in [2.75, 3.05) is 32.7 Å². The lowest BCUT2D eigenvalue weighted by atomic mass is 9.52. The van der Waals surface area contributed by atoms with Crippen molar-refractivity contribution < 1.29 is 10.2 Å². The number of nitriles is 1. The molecule has 3 atom stereocenters. The molecule has 0 spiro atoms. The predicted molar refractivity (Wildman–Crippen MR) is 124 cm³/mol. The van der Waals surface area contributed by atoms with E-state index >= 15 is 0 Å². The zero-order chi connectivity index (χ0) is 22.6. The summed E-state index contributed by atoms with van der Waals surface area (Å²) >= 11 is 0. The summed E-state index contributed by atoms with van der Waals surface area (Å²) in [6.45, 7) is 5.50. The molecule has 2 saturated heterocycles. The summed E-state index contributed by atoms with van der Waals surface area (Å²) < 4.78 is 1.84. The van der Waals surface area contributed by atoms with Crippen LogP contribution in [0.3, 0.4) is 0 Å². The van der Waals surface area contributed by atoms with Crippen LogP contribution in [-0.2, 0) is 18.4 Å². The highest BCUT2D eigenvalue weighted by Crippen LogP contribution is 2.56. The fourth-order valence-corrected chi connectivity index (χ4v) is 6.92. The van der Waals surface area contributed by atoms with Crippen LogP contribution >= 0.6 is 0 Å². The van der Waals surface area contributed by atoms with Gasteiger partial charge in [-0.15, -0.1) is 0 Å². The molecule has 2 bridgehead atoms. The second kappa shape index (κ2) is 7.83. The maximum atomic E-state index is 12.5. The lowest BCUT2D eigenvalue weighted by Gasteiger charge is -2.61. The molecule has 33 heavy (non-hydrogen) atoms. The van der Waals surface area contributed by atoms with Crippen molar-refractivity contribution in [1.82, 2.24) is 19.6 Å². The zero-order valence-electron chi connectivity index (χ0n) is 19.2. The molecule has 2 aliphatic heterocycles. The summed E-state index contributed by atoms with van der Waals surface area (Å²) in [4.78, 5) is 5.04. The Kier molecular flexibility index (Phi) is 5.02.